The summed E-state index contributed by atoms with van der Waals surface area (Å²) < 4.78 is 0. The molecule has 0 saturated carbocycles. The number of aliphatic hydroxyl groups excluding tert-OH is 1. The second-order valence-electron chi connectivity index (χ2n) is 4.25. The van der Waals surface area contributed by atoms with Crippen LogP contribution in [0.2, 0.25) is 0 Å². The van der Waals surface area contributed by atoms with E-state index in [9.17, 15) is 5.11 Å². The predicted molar refractivity (Wildman–Crippen MR) is 64.2 cm³/mol. The minimum atomic E-state index is -0.289. The smallest absolute Gasteiger partial charge is 0.101 e. The zero-order valence-electron chi connectivity index (χ0n) is 9.06. The highest BCUT2D eigenvalue weighted by molar-refractivity contribution is 7.10. The van der Waals surface area contributed by atoms with E-state index in [2.05, 4.69) is 4.90 Å². The summed E-state index contributed by atoms with van der Waals surface area (Å²) in [7, 11) is 0. The maximum Gasteiger partial charge on any atom is 0.101 e. The highest BCUT2D eigenvalue weighted by Crippen LogP contribution is 2.21. The van der Waals surface area contributed by atoms with Crippen molar-refractivity contribution in [1.82, 2.24) is 4.90 Å². The number of rotatable bonds is 3. The van der Waals surface area contributed by atoms with Crippen LogP contribution in [0.3, 0.4) is 0 Å². The molecule has 0 amide bonds. The Morgan fingerprint density at radius 1 is 1.27 bits per heavy atom. The van der Waals surface area contributed by atoms with Gasteiger partial charge in [-0.05, 0) is 37.4 Å². The molecule has 1 aromatic heterocycles. The molecule has 1 unspecified atom stereocenters. The lowest BCUT2D eigenvalue weighted by Crippen LogP contribution is -2.29. The van der Waals surface area contributed by atoms with E-state index in [1.807, 2.05) is 17.5 Å². The number of aliphatic hydroxyl groups is 1. The summed E-state index contributed by atoms with van der Waals surface area (Å²) >= 11 is 1.65. The van der Waals surface area contributed by atoms with Gasteiger partial charge in [-0.1, -0.05) is 18.9 Å². The predicted octanol–water partition coefficient (Wildman–Crippen LogP) is 2.66. The van der Waals surface area contributed by atoms with Gasteiger partial charge in [-0.25, -0.2) is 0 Å². The fourth-order valence-electron chi connectivity index (χ4n) is 2.13. The molecule has 1 aliphatic rings. The van der Waals surface area contributed by atoms with E-state index in [1.165, 1.54) is 25.7 Å². The van der Waals surface area contributed by atoms with Gasteiger partial charge in [0.15, 0.2) is 0 Å². The van der Waals surface area contributed by atoms with Gasteiger partial charge in [-0.2, -0.15) is 0 Å². The number of thiophene rings is 1. The molecule has 15 heavy (non-hydrogen) atoms. The van der Waals surface area contributed by atoms with Crippen molar-refractivity contribution in [2.75, 3.05) is 19.6 Å². The van der Waals surface area contributed by atoms with Gasteiger partial charge in [-0.3, -0.25) is 0 Å². The Kier molecular flexibility index (Phi) is 4.18. The standard InChI is InChI=1S/C12H19NOS/c14-11(12-6-5-9-15-12)10-13-7-3-1-2-4-8-13/h5-6,9,11,14H,1-4,7-8,10H2. The second kappa shape index (κ2) is 5.64. The summed E-state index contributed by atoms with van der Waals surface area (Å²) in [5.41, 5.74) is 0. The number of hydrogen-bond donors (Lipinski definition) is 1. The minimum Gasteiger partial charge on any atom is -0.386 e. The van der Waals surface area contributed by atoms with E-state index in [1.54, 1.807) is 11.3 Å². The van der Waals surface area contributed by atoms with Crippen LogP contribution in [0.1, 0.15) is 36.7 Å². The van der Waals surface area contributed by atoms with Crippen LogP contribution in [-0.2, 0) is 0 Å². The molecule has 1 aromatic rings. The van der Waals surface area contributed by atoms with Crippen LogP contribution in [0, 0.1) is 0 Å². The Labute approximate surface area is 95.5 Å². The SMILES string of the molecule is OC(CN1CCCCCC1)c1cccs1. The second-order valence-corrected chi connectivity index (χ2v) is 5.23. The van der Waals surface area contributed by atoms with Crippen LogP contribution in [0.4, 0.5) is 0 Å². The maximum atomic E-state index is 10.0. The maximum absolute atomic E-state index is 10.0. The van der Waals surface area contributed by atoms with Crippen LogP contribution in [0.5, 0.6) is 0 Å². The van der Waals surface area contributed by atoms with Gasteiger partial charge in [-0.15, -0.1) is 11.3 Å². The van der Waals surface area contributed by atoms with Crippen molar-refractivity contribution in [1.29, 1.82) is 0 Å². The summed E-state index contributed by atoms with van der Waals surface area (Å²) in [6.07, 6.45) is 4.99. The normalized spacial score (nSPS) is 21.1. The molecule has 0 radical (unpaired) electrons. The van der Waals surface area contributed by atoms with Crippen molar-refractivity contribution in [3.8, 4) is 0 Å². The summed E-state index contributed by atoms with van der Waals surface area (Å²) in [5, 5.41) is 12.1. The van der Waals surface area contributed by atoms with Gasteiger partial charge >= 0.3 is 0 Å². The monoisotopic (exact) mass is 225 g/mol. The van der Waals surface area contributed by atoms with Crippen molar-refractivity contribution in [2.24, 2.45) is 0 Å². The van der Waals surface area contributed by atoms with Crippen LogP contribution < -0.4 is 0 Å². The summed E-state index contributed by atoms with van der Waals surface area (Å²) in [6.45, 7) is 3.12. The van der Waals surface area contributed by atoms with E-state index in [-0.39, 0.29) is 6.10 Å². The van der Waals surface area contributed by atoms with E-state index < -0.39 is 0 Å². The molecule has 84 valence electrons. The van der Waals surface area contributed by atoms with E-state index >= 15 is 0 Å². The van der Waals surface area contributed by atoms with Gasteiger partial charge in [0, 0.05) is 11.4 Å². The molecule has 0 spiro atoms. The molecule has 2 nitrogen and oxygen atoms in total. The Morgan fingerprint density at radius 2 is 2.00 bits per heavy atom. The molecule has 0 aliphatic carbocycles. The number of nitrogens with zero attached hydrogens (tertiary/aromatic N) is 1. The molecule has 0 bridgehead atoms. The quantitative estimate of drug-likeness (QED) is 0.855. The van der Waals surface area contributed by atoms with Crippen molar-refractivity contribution < 1.29 is 5.11 Å². The zero-order chi connectivity index (χ0) is 10.5. The molecule has 1 fully saturated rings. The van der Waals surface area contributed by atoms with Crippen LogP contribution >= 0.6 is 11.3 Å². The number of hydrogen-bond acceptors (Lipinski definition) is 3. The van der Waals surface area contributed by atoms with Crippen molar-refractivity contribution in [2.45, 2.75) is 31.8 Å². The van der Waals surface area contributed by atoms with Crippen molar-refractivity contribution in [3.63, 3.8) is 0 Å². The van der Waals surface area contributed by atoms with Crippen LogP contribution in [0.15, 0.2) is 17.5 Å². The van der Waals surface area contributed by atoms with E-state index in [0.717, 1.165) is 24.5 Å². The molecule has 1 saturated heterocycles. The molecule has 2 rings (SSSR count). The van der Waals surface area contributed by atoms with Crippen molar-refractivity contribution >= 4 is 11.3 Å². The average Bonchev–Trinajstić information content (AvgIpc) is 2.65. The largest absolute Gasteiger partial charge is 0.386 e. The first-order valence-corrected chi connectivity index (χ1v) is 6.68. The Morgan fingerprint density at radius 3 is 2.60 bits per heavy atom. The van der Waals surface area contributed by atoms with Crippen LogP contribution in [0.25, 0.3) is 0 Å². The summed E-state index contributed by atoms with van der Waals surface area (Å²) in [4.78, 5) is 3.50. The van der Waals surface area contributed by atoms with Gasteiger partial charge < -0.3 is 10.0 Å². The third-order valence-corrected chi connectivity index (χ3v) is 3.97. The molecular weight excluding hydrogens is 206 g/mol. The number of β-amino-alcohol motifs (C(OH)–C–C–N with tert-alkyl or cyclic N) is 1. The first kappa shape index (κ1) is 11.1. The molecule has 3 heteroatoms. The first-order valence-electron chi connectivity index (χ1n) is 5.80. The summed E-state index contributed by atoms with van der Waals surface area (Å²) in [5.74, 6) is 0. The van der Waals surface area contributed by atoms with Gasteiger partial charge in [0.2, 0.25) is 0 Å². The Hall–Kier alpha value is -0.380. The van der Waals surface area contributed by atoms with Crippen molar-refractivity contribution in [3.05, 3.63) is 22.4 Å². The number of likely N-dealkylation sites (tertiary alicyclic amines) is 1. The van der Waals surface area contributed by atoms with E-state index in [4.69, 9.17) is 0 Å². The lowest BCUT2D eigenvalue weighted by Gasteiger charge is -2.22. The summed E-state index contributed by atoms with van der Waals surface area (Å²) in [6, 6.07) is 4.03. The highest BCUT2D eigenvalue weighted by atomic mass is 32.1. The van der Waals surface area contributed by atoms with E-state index in [0.29, 0.717) is 0 Å². The lowest BCUT2D eigenvalue weighted by molar-refractivity contribution is 0.118. The highest BCUT2D eigenvalue weighted by Gasteiger charge is 2.15. The van der Waals surface area contributed by atoms with Gasteiger partial charge in [0.05, 0.1) is 0 Å². The molecule has 1 N–H and O–H groups in total. The average molecular weight is 225 g/mol. The Balaban J connectivity index is 1.84. The molecule has 1 aliphatic heterocycles. The fraction of sp³-hybridized carbons (Fsp3) is 0.667. The fourth-order valence-corrected chi connectivity index (χ4v) is 2.84. The first-order chi connectivity index (χ1) is 7.36. The molecule has 1 atom stereocenters. The molecule has 2 heterocycles. The minimum absolute atomic E-state index is 0.289. The third-order valence-electron chi connectivity index (χ3n) is 3.00. The third kappa shape index (κ3) is 3.30. The Bertz CT molecular complexity index is 265. The zero-order valence-corrected chi connectivity index (χ0v) is 9.88. The topological polar surface area (TPSA) is 23.5 Å². The van der Waals surface area contributed by atoms with Crippen LogP contribution in [-0.4, -0.2) is 29.6 Å². The van der Waals surface area contributed by atoms with Gasteiger partial charge in [0.1, 0.15) is 6.10 Å². The molecular formula is C12H19NOS. The lowest BCUT2D eigenvalue weighted by atomic mass is 10.2. The molecule has 0 aromatic carbocycles. The van der Waals surface area contributed by atoms with Gasteiger partial charge in [0.25, 0.3) is 0 Å².